The molecule has 0 bridgehead atoms. The summed E-state index contributed by atoms with van der Waals surface area (Å²) in [6, 6.07) is 6.03. The lowest BCUT2D eigenvalue weighted by molar-refractivity contribution is -0.152. The molecule has 0 aliphatic carbocycles. The van der Waals surface area contributed by atoms with Crippen molar-refractivity contribution >= 4 is 34.9 Å². The van der Waals surface area contributed by atoms with Gasteiger partial charge < -0.3 is 9.80 Å². The highest BCUT2D eigenvalue weighted by molar-refractivity contribution is 6.37. The van der Waals surface area contributed by atoms with Crippen molar-refractivity contribution in [2.45, 2.75) is 19.9 Å². The van der Waals surface area contributed by atoms with Gasteiger partial charge in [0.2, 0.25) is 11.7 Å². The number of rotatable bonds is 4. The number of Topliss-reactive ketones (excluding diaryl/α,β-unsaturated/α-hetero) is 1. The Balaban J connectivity index is 1.38. The first kappa shape index (κ1) is 21.1. The Hall–Kier alpha value is -2.16. The topological polar surface area (TPSA) is 67.4 Å². The van der Waals surface area contributed by atoms with Crippen LogP contribution < -0.4 is 4.90 Å². The number of carbonyl (C=O) groups is 3. The number of carbonyl (C=O) groups excluding carboxylic acids is 3. The van der Waals surface area contributed by atoms with Gasteiger partial charge in [-0.1, -0.05) is 17.7 Å². The number of hydrogen-bond acceptors (Lipinski definition) is 6. The molecule has 30 heavy (non-hydrogen) atoms. The van der Waals surface area contributed by atoms with Crippen LogP contribution in [0, 0.1) is 0 Å². The van der Waals surface area contributed by atoms with Crippen LogP contribution in [0.15, 0.2) is 18.2 Å². The van der Waals surface area contributed by atoms with E-state index < -0.39 is 0 Å². The molecule has 0 unspecified atom stereocenters. The van der Waals surface area contributed by atoms with E-state index in [1.165, 1.54) is 5.56 Å². The molecule has 3 saturated heterocycles. The summed E-state index contributed by atoms with van der Waals surface area (Å²) in [5, 5.41) is 4.33. The molecule has 162 valence electrons. The second-order valence-corrected chi connectivity index (χ2v) is 8.53. The van der Waals surface area contributed by atoms with Gasteiger partial charge in [0, 0.05) is 89.5 Å². The van der Waals surface area contributed by atoms with Crippen molar-refractivity contribution in [2.75, 3.05) is 63.8 Å². The molecule has 0 radical (unpaired) electrons. The molecule has 3 heterocycles. The van der Waals surface area contributed by atoms with Crippen molar-refractivity contribution < 1.29 is 14.4 Å². The number of hydrogen-bond donors (Lipinski definition) is 0. The van der Waals surface area contributed by atoms with Gasteiger partial charge >= 0.3 is 5.91 Å². The molecule has 3 aliphatic heterocycles. The highest BCUT2D eigenvalue weighted by Crippen LogP contribution is 2.28. The molecule has 0 saturated carbocycles. The van der Waals surface area contributed by atoms with Gasteiger partial charge in [0.15, 0.2) is 0 Å². The number of nitrogens with zero attached hydrogens (tertiary/aromatic N) is 5. The Kier molecular flexibility index (Phi) is 6.26. The lowest BCUT2D eigenvalue weighted by Crippen LogP contribution is -2.54. The quantitative estimate of drug-likeness (QED) is 0.656. The second-order valence-electron chi connectivity index (χ2n) is 8.10. The van der Waals surface area contributed by atoms with E-state index in [1.54, 1.807) is 11.9 Å². The van der Waals surface area contributed by atoms with E-state index in [1.807, 2.05) is 22.0 Å². The maximum atomic E-state index is 12.0. The number of hydrazine groups is 1. The monoisotopic (exact) mass is 433 g/mol. The predicted molar refractivity (Wildman–Crippen MR) is 114 cm³/mol. The Bertz CT molecular complexity index is 832. The van der Waals surface area contributed by atoms with Crippen LogP contribution in [-0.4, -0.2) is 96.3 Å². The molecule has 3 aliphatic rings. The fourth-order valence-corrected chi connectivity index (χ4v) is 4.60. The number of halogens is 1. The third-order valence-electron chi connectivity index (χ3n) is 6.22. The highest BCUT2D eigenvalue weighted by Gasteiger charge is 2.35. The van der Waals surface area contributed by atoms with Crippen molar-refractivity contribution in [1.29, 1.82) is 0 Å². The van der Waals surface area contributed by atoms with Crippen LogP contribution in [0.4, 0.5) is 5.69 Å². The van der Waals surface area contributed by atoms with Gasteiger partial charge in [0.25, 0.3) is 0 Å². The number of anilines is 1. The van der Waals surface area contributed by atoms with Gasteiger partial charge in [0.05, 0.1) is 0 Å². The van der Waals surface area contributed by atoms with Gasteiger partial charge in [-0.25, -0.2) is 5.01 Å². The Labute approximate surface area is 181 Å². The summed E-state index contributed by atoms with van der Waals surface area (Å²) in [5.74, 6) is -0.529. The van der Waals surface area contributed by atoms with Crippen LogP contribution in [0.25, 0.3) is 0 Å². The maximum Gasteiger partial charge on any atom is 0.304 e. The molecule has 0 atom stereocenters. The summed E-state index contributed by atoms with van der Waals surface area (Å²) >= 11 is 6.30. The zero-order chi connectivity index (χ0) is 21.3. The van der Waals surface area contributed by atoms with Crippen LogP contribution in [0.5, 0.6) is 0 Å². The summed E-state index contributed by atoms with van der Waals surface area (Å²) in [7, 11) is 0. The first-order valence-electron chi connectivity index (χ1n) is 10.5. The van der Waals surface area contributed by atoms with Crippen molar-refractivity contribution in [1.82, 2.24) is 19.8 Å². The van der Waals surface area contributed by atoms with Gasteiger partial charge in [0.1, 0.15) is 0 Å². The van der Waals surface area contributed by atoms with Crippen LogP contribution in [0.3, 0.4) is 0 Å². The molecule has 9 heteroatoms. The number of benzene rings is 1. The van der Waals surface area contributed by atoms with Gasteiger partial charge in [-0.3, -0.25) is 24.3 Å². The number of ketones is 1. The summed E-state index contributed by atoms with van der Waals surface area (Å²) in [5.41, 5.74) is 2.35. The Morgan fingerprint density at radius 1 is 0.967 bits per heavy atom. The molecule has 4 rings (SSSR count). The molecule has 0 N–H and O–H groups in total. The van der Waals surface area contributed by atoms with E-state index in [0.29, 0.717) is 18.0 Å². The third-order valence-corrected chi connectivity index (χ3v) is 6.46. The normalized spacial score (nSPS) is 21.6. The molecule has 2 amide bonds. The summed E-state index contributed by atoms with van der Waals surface area (Å²) in [6.07, 6.45) is 0.323. The van der Waals surface area contributed by atoms with Gasteiger partial charge in [-0.05, 0) is 17.7 Å². The van der Waals surface area contributed by atoms with Crippen LogP contribution >= 0.6 is 11.6 Å². The molecule has 0 spiro atoms. The summed E-state index contributed by atoms with van der Waals surface area (Å²) in [4.78, 5) is 41.7. The van der Waals surface area contributed by atoms with Crippen LogP contribution in [-0.2, 0) is 20.9 Å². The lowest BCUT2D eigenvalue weighted by atomic mass is 10.1. The molecule has 3 fully saturated rings. The predicted octanol–water partition coefficient (Wildman–Crippen LogP) is 0.843. The Morgan fingerprint density at radius 2 is 1.67 bits per heavy atom. The highest BCUT2D eigenvalue weighted by atomic mass is 35.5. The van der Waals surface area contributed by atoms with E-state index >= 15 is 0 Å². The number of amides is 2. The molecule has 1 aromatic rings. The average molecular weight is 434 g/mol. The smallest absolute Gasteiger partial charge is 0.304 e. The maximum absolute atomic E-state index is 12.0. The van der Waals surface area contributed by atoms with Crippen LogP contribution in [0.1, 0.15) is 18.9 Å². The summed E-state index contributed by atoms with van der Waals surface area (Å²) in [6.45, 7) is 9.11. The zero-order valence-electron chi connectivity index (χ0n) is 17.3. The first-order valence-corrected chi connectivity index (χ1v) is 10.9. The molecule has 1 aromatic carbocycles. The average Bonchev–Trinajstić information content (AvgIpc) is 3.08. The van der Waals surface area contributed by atoms with E-state index in [0.717, 1.165) is 64.6 Å². The fraction of sp³-hybridized carbons (Fsp3) is 0.571. The minimum absolute atomic E-state index is 0.122. The minimum atomic E-state index is -0.367. The molecular formula is C21H28ClN5O3. The van der Waals surface area contributed by atoms with E-state index in [2.05, 4.69) is 15.9 Å². The number of piperazine rings is 2. The van der Waals surface area contributed by atoms with E-state index in [4.69, 9.17) is 11.6 Å². The van der Waals surface area contributed by atoms with Crippen LogP contribution in [0.2, 0.25) is 5.02 Å². The van der Waals surface area contributed by atoms with Crippen molar-refractivity contribution in [3.05, 3.63) is 28.8 Å². The summed E-state index contributed by atoms with van der Waals surface area (Å²) < 4.78 is 0. The van der Waals surface area contributed by atoms with E-state index in [9.17, 15) is 14.4 Å². The van der Waals surface area contributed by atoms with Crippen molar-refractivity contribution in [3.63, 3.8) is 0 Å². The van der Waals surface area contributed by atoms with Crippen molar-refractivity contribution in [2.24, 2.45) is 0 Å². The fourth-order valence-electron chi connectivity index (χ4n) is 4.43. The van der Waals surface area contributed by atoms with Gasteiger partial charge in [-0.2, -0.15) is 0 Å². The standard InChI is InChI=1S/C21H28ClN5O3/c1-16(28)24-8-10-25(11-9-24)19-14-18(22)3-2-17(19)15-23-6-12-26(13-7-23)27-5-4-20(29)21(27)30/h2-3,14H,4-13,15H2,1H3. The first-order chi connectivity index (χ1) is 14.4. The SMILES string of the molecule is CC(=O)N1CCN(c2cc(Cl)ccc2CN2CCN(N3CCC(=O)C3=O)CC2)CC1. The molecule has 8 nitrogen and oxygen atoms in total. The second kappa shape index (κ2) is 8.91. The van der Waals surface area contributed by atoms with Crippen molar-refractivity contribution in [3.8, 4) is 0 Å². The zero-order valence-corrected chi connectivity index (χ0v) is 18.1. The van der Waals surface area contributed by atoms with Gasteiger partial charge in [-0.15, -0.1) is 0 Å². The minimum Gasteiger partial charge on any atom is -0.368 e. The van der Waals surface area contributed by atoms with E-state index in [-0.39, 0.29) is 17.6 Å². The molecule has 0 aromatic heterocycles. The lowest BCUT2D eigenvalue weighted by Gasteiger charge is -2.40. The molecular weight excluding hydrogens is 406 g/mol. The third kappa shape index (κ3) is 4.45. The Morgan fingerprint density at radius 3 is 2.27 bits per heavy atom. The largest absolute Gasteiger partial charge is 0.368 e.